The molecule has 2 aliphatic rings. The van der Waals surface area contributed by atoms with Crippen molar-refractivity contribution in [3.8, 4) is 11.5 Å². The molecule has 9 heteroatoms. The second-order valence-corrected chi connectivity index (χ2v) is 11.5. The zero-order chi connectivity index (χ0) is 31.7. The van der Waals surface area contributed by atoms with Gasteiger partial charge in [-0.1, -0.05) is 74.5 Å². The molecule has 0 aliphatic carbocycles. The molecule has 2 heterocycles. The third-order valence-corrected chi connectivity index (χ3v) is 8.21. The van der Waals surface area contributed by atoms with Gasteiger partial charge in [0, 0.05) is 18.3 Å². The minimum absolute atomic E-state index is 0.0916. The molecule has 0 aromatic heterocycles. The number of carbonyl (C=O) groups excluding carboxylic acids is 4. The summed E-state index contributed by atoms with van der Waals surface area (Å²) in [5, 5.41) is 2.97. The van der Waals surface area contributed by atoms with E-state index in [1.54, 1.807) is 42.5 Å². The van der Waals surface area contributed by atoms with E-state index in [9.17, 15) is 19.2 Å². The van der Waals surface area contributed by atoms with Crippen LogP contribution < -0.4 is 19.7 Å². The van der Waals surface area contributed by atoms with Gasteiger partial charge in [0.15, 0.2) is 11.5 Å². The van der Waals surface area contributed by atoms with Crippen LogP contribution in [0.1, 0.15) is 58.4 Å². The fourth-order valence-electron chi connectivity index (χ4n) is 5.65. The molecule has 0 saturated carbocycles. The van der Waals surface area contributed by atoms with Crippen molar-refractivity contribution in [3.05, 3.63) is 119 Å². The first-order chi connectivity index (χ1) is 21.7. The standard InChI is InChI=1S/C36H33N3O6/c1-22(2)24-12-14-25(15-13-24)33(35(42)37-27-16-17-30-31(18-27)45-21-44-30)39(19-26-9-5-4-8-23(26)3)32(40)20-38-29-11-7-6-10-28(29)34(41)36(38)43/h4-18,22,33H,19-21H2,1-3H3,(H,37,42)/t33-/m0/s1. The van der Waals surface area contributed by atoms with Gasteiger partial charge in [-0.15, -0.1) is 0 Å². The molecular formula is C36H33N3O6. The number of ketones is 1. The molecule has 2 aliphatic heterocycles. The van der Waals surface area contributed by atoms with Gasteiger partial charge in [0.05, 0.1) is 11.3 Å². The smallest absolute Gasteiger partial charge is 0.299 e. The van der Waals surface area contributed by atoms with Crippen LogP contribution in [0.15, 0.2) is 91.0 Å². The summed E-state index contributed by atoms with van der Waals surface area (Å²) in [6.07, 6.45) is 0. The predicted octanol–water partition coefficient (Wildman–Crippen LogP) is 5.79. The Labute approximate surface area is 261 Å². The van der Waals surface area contributed by atoms with E-state index >= 15 is 0 Å². The second-order valence-electron chi connectivity index (χ2n) is 11.5. The summed E-state index contributed by atoms with van der Waals surface area (Å²) in [5.74, 6) is -1.02. The number of para-hydroxylation sites is 1. The summed E-state index contributed by atoms with van der Waals surface area (Å²) in [6, 6.07) is 25.9. The first-order valence-electron chi connectivity index (χ1n) is 14.8. The highest BCUT2D eigenvalue weighted by atomic mass is 16.7. The highest BCUT2D eigenvalue weighted by molar-refractivity contribution is 6.52. The van der Waals surface area contributed by atoms with Crippen LogP contribution in [0.3, 0.4) is 0 Å². The van der Waals surface area contributed by atoms with Crippen LogP contribution in [0.25, 0.3) is 0 Å². The SMILES string of the molecule is Cc1ccccc1CN(C(=O)CN1C(=O)C(=O)c2ccccc21)[C@H](C(=O)Nc1ccc2c(c1)OCO2)c1ccc(C(C)C)cc1. The molecule has 228 valence electrons. The molecule has 6 rings (SSSR count). The topological polar surface area (TPSA) is 105 Å². The number of anilines is 2. The monoisotopic (exact) mass is 603 g/mol. The molecule has 3 amide bonds. The molecule has 0 fully saturated rings. The van der Waals surface area contributed by atoms with Gasteiger partial charge in [-0.3, -0.25) is 24.1 Å². The molecule has 0 saturated heterocycles. The van der Waals surface area contributed by atoms with E-state index in [1.165, 1.54) is 9.80 Å². The molecule has 0 unspecified atom stereocenters. The zero-order valence-electron chi connectivity index (χ0n) is 25.3. The normalized spacial score (nSPS) is 14.0. The lowest BCUT2D eigenvalue weighted by Gasteiger charge is -2.33. The van der Waals surface area contributed by atoms with E-state index in [-0.39, 0.29) is 24.8 Å². The van der Waals surface area contributed by atoms with E-state index in [4.69, 9.17) is 9.47 Å². The van der Waals surface area contributed by atoms with Crippen LogP contribution in [0.2, 0.25) is 0 Å². The number of nitrogens with one attached hydrogen (secondary N) is 1. The predicted molar refractivity (Wildman–Crippen MR) is 169 cm³/mol. The van der Waals surface area contributed by atoms with Crippen molar-refractivity contribution in [2.24, 2.45) is 0 Å². The largest absolute Gasteiger partial charge is 0.454 e. The number of benzene rings is 4. The maximum absolute atomic E-state index is 14.4. The van der Waals surface area contributed by atoms with Crippen LogP contribution >= 0.6 is 0 Å². The van der Waals surface area contributed by atoms with Crippen LogP contribution in [0.4, 0.5) is 11.4 Å². The van der Waals surface area contributed by atoms with Crippen molar-refractivity contribution in [3.63, 3.8) is 0 Å². The lowest BCUT2D eigenvalue weighted by Crippen LogP contribution is -2.46. The van der Waals surface area contributed by atoms with Gasteiger partial charge in [-0.25, -0.2) is 0 Å². The van der Waals surface area contributed by atoms with E-state index in [0.717, 1.165) is 16.7 Å². The van der Waals surface area contributed by atoms with E-state index in [1.807, 2.05) is 55.5 Å². The van der Waals surface area contributed by atoms with Crippen molar-refractivity contribution >= 4 is 34.9 Å². The van der Waals surface area contributed by atoms with Crippen molar-refractivity contribution in [1.29, 1.82) is 0 Å². The van der Waals surface area contributed by atoms with Gasteiger partial charge in [0.25, 0.3) is 17.6 Å². The lowest BCUT2D eigenvalue weighted by atomic mass is 9.97. The number of Topliss-reactive ketones (excluding diaryl/α,β-unsaturated/α-hetero) is 1. The Kier molecular flexibility index (Phi) is 8.08. The third kappa shape index (κ3) is 5.89. The Morgan fingerprint density at radius 3 is 2.31 bits per heavy atom. The summed E-state index contributed by atoms with van der Waals surface area (Å²) in [7, 11) is 0. The number of carbonyl (C=O) groups is 4. The van der Waals surface area contributed by atoms with Crippen LogP contribution in [0.5, 0.6) is 11.5 Å². The highest BCUT2D eigenvalue weighted by Crippen LogP contribution is 2.36. The summed E-state index contributed by atoms with van der Waals surface area (Å²) in [6.45, 7) is 5.88. The van der Waals surface area contributed by atoms with Crippen LogP contribution in [-0.4, -0.2) is 41.7 Å². The van der Waals surface area contributed by atoms with Crippen LogP contribution in [0, 0.1) is 6.92 Å². The molecule has 0 radical (unpaired) electrons. The summed E-state index contributed by atoms with van der Waals surface area (Å²) in [5.41, 5.74) is 4.58. The van der Waals surface area contributed by atoms with Gasteiger partial charge >= 0.3 is 0 Å². The first-order valence-corrected chi connectivity index (χ1v) is 14.8. The Bertz CT molecular complexity index is 1800. The van der Waals surface area contributed by atoms with Crippen molar-refractivity contribution in [2.45, 2.75) is 39.3 Å². The fraction of sp³-hybridized carbons (Fsp3) is 0.222. The molecule has 0 spiro atoms. The minimum atomic E-state index is -1.08. The van der Waals surface area contributed by atoms with Crippen molar-refractivity contribution in [1.82, 2.24) is 4.90 Å². The van der Waals surface area contributed by atoms with E-state index in [2.05, 4.69) is 19.2 Å². The van der Waals surface area contributed by atoms with Crippen LogP contribution in [-0.2, 0) is 20.9 Å². The Balaban J connectivity index is 1.40. The van der Waals surface area contributed by atoms with Gasteiger partial charge < -0.3 is 19.7 Å². The highest BCUT2D eigenvalue weighted by Gasteiger charge is 2.39. The summed E-state index contributed by atoms with van der Waals surface area (Å²) < 4.78 is 10.9. The number of hydrogen-bond donors (Lipinski definition) is 1. The van der Waals surface area contributed by atoms with Gasteiger partial charge in [0.2, 0.25) is 12.7 Å². The van der Waals surface area contributed by atoms with Crippen molar-refractivity contribution < 1.29 is 28.7 Å². The third-order valence-electron chi connectivity index (χ3n) is 8.21. The number of aryl methyl sites for hydroxylation is 1. The van der Waals surface area contributed by atoms with E-state index in [0.29, 0.717) is 28.4 Å². The molecular weight excluding hydrogens is 570 g/mol. The maximum atomic E-state index is 14.4. The van der Waals surface area contributed by atoms with Crippen molar-refractivity contribution in [2.75, 3.05) is 23.6 Å². The number of ether oxygens (including phenoxy) is 2. The maximum Gasteiger partial charge on any atom is 0.299 e. The average Bonchev–Trinajstić information content (AvgIpc) is 3.60. The molecule has 4 aromatic carbocycles. The summed E-state index contributed by atoms with van der Waals surface area (Å²) >= 11 is 0. The Morgan fingerprint density at radius 1 is 0.867 bits per heavy atom. The first kappa shape index (κ1) is 29.6. The Morgan fingerprint density at radius 2 is 1.56 bits per heavy atom. The number of nitrogens with zero attached hydrogens (tertiary/aromatic N) is 2. The fourth-order valence-corrected chi connectivity index (χ4v) is 5.65. The molecule has 1 N–H and O–H groups in total. The molecule has 9 nitrogen and oxygen atoms in total. The number of hydrogen-bond acceptors (Lipinski definition) is 6. The van der Waals surface area contributed by atoms with Gasteiger partial charge in [0.1, 0.15) is 12.6 Å². The number of amides is 3. The molecule has 1 atom stereocenters. The second kappa shape index (κ2) is 12.3. The quantitative estimate of drug-likeness (QED) is 0.243. The molecule has 4 aromatic rings. The lowest BCUT2D eigenvalue weighted by molar-refractivity contribution is -0.139. The molecule has 0 bridgehead atoms. The average molecular weight is 604 g/mol. The number of fused-ring (bicyclic) bond motifs is 2. The minimum Gasteiger partial charge on any atom is -0.454 e. The zero-order valence-corrected chi connectivity index (χ0v) is 25.3. The Hall–Kier alpha value is -5.44. The molecule has 45 heavy (non-hydrogen) atoms. The summed E-state index contributed by atoms with van der Waals surface area (Å²) in [4.78, 5) is 57.1. The number of rotatable bonds is 9. The van der Waals surface area contributed by atoms with Gasteiger partial charge in [-0.2, -0.15) is 0 Å². The van der Waals surface area contributed by atoms with E-state index < -0.39 is 36.1 Å². The van der Waals surface area contributed by atoms with Gasteiger partial charge in [-0.05, 0) is 59.4 Å².